The minimum atomic E-state index is -5.60. The van der Waals surface area contributed by atoms with E-state index in [1.165, 1.54) is 0 Å². The standard InChI is InChI=1S/C14H6F7N5O3/c15-8-7(1-4(5(2-22)9(8)23)10(27)14(19,20)21)26-11(28)6(13(16,17)18)3-25(24)12(26)29/h1,3H,23-24H2. The maximum atomic E-state index is 14.5. The first-order valence-corrected chi connectivity index (χ1v) is 6.97. The Morgan fingerprint density at radius 3 is 2.14 bits per heavy atom. The quantitative estimate of drug-likeness (QED) is 0.320. The number of carbonyl (C=O) groups excluding carboxylic acids is 1. The molecule has 0 amide bonds. The molecule has 2 aromatic rings. The van der Waals surface area contributed by atoms with E-state index < -0.39 is 67.8 Å². The van der Waals surface area contributed by atoms with Crippen molar-refractivity contribution in [2.75, 3.05) is 11.6 Å². The zero-order chi connectivity index (χ0) is 22.5. The van der Waals surface area contributed by atoms with E-state index in [9.17, 15) is 45.1 Å². The Balaban J connectivity index is 3.06. The molecule has 0 radical (unpaired) electrons. The number of nitrogens with zero attached hydrogens (tertiary/aromatic N) is 3. The molecule has 0 aliphatic carbocycles. The van der Waals surface area contributed by atoms with Crippen molar-refractivity contribution in [2.45, 2.75) is 12.4 Å². The van der Waals surface area contributed by atoms with Crippen LogP contribution in [0.4, 0.5) is 36.4 Å². The van der Waals surface area contributed by atoms with Crippen molar-refractivity contribution in [1.29, 1.82) is 5.26 Å². The smallest absolute Gasteiger partial charge is 0.395 e. The van der Waals surface area contributed by atoms with Crippen molar-refractivity contribution >= 4 is 11.5 Å². The topological polar surface area (TPSA) is 137 Å². The maximum Gasteiger partial charge on any atom is 0.454 e. The summed E-state index contributed by atoms with van der Waals surface area (Å²) in [5.41, 5.74) is -6.68. The normalized spacial score (nSPS) is 11.9. The fourth-order valence-corrected chi connectivity index (χ4v) is 2.26. The SMILES string of the molecule is N#Cc1c(C(=O)C(F)(F)F)cc(-n2c(=O)c(C(F)(F)F)cn(N)c2=O)c(F)c1N. The van der Waals surface area contributed by atoms with E-state index >= 15 is 0 Å². The Hall–Kier alpha value is -3.83. The van der Waals surface area contributed by atoms with Crippen molar-refractivity contribution in [2.24, 2.45) is 0 Å². The van der Waals surface area contributed by atoms with Crippen molar-refractivity contribution in [3.05, 3.63) is 55.6 Å². The lowest BCUT2D eigenvalue weighted by Crippen LogP contribution is -2.45. The number of hydrogen-bond donors (Lipinski definition) is 2. The lowest BCUT2D eigenvalue weighted by molar-refractivity contribution is -0.139. The first-order chi connectivity index (χ1) is 13.1. The van der Waals surface area contributed by atoms with Gasteiger partial charge in [-0.1, -0.05) is 0 Å². The molecule has 154 valence electrons. The van der Waals surface area contributed by atoms with Gasteiger partial charge < -0.3 is 11.6 Å². The van der Waals surface area contributed by atoms with Crippen LogP contribution in [0.15, 0.2) is 21.9 Å². The lowest BCUT2D eigenvalue weighted by atomic mass is 10.0. The first-order valence-electron chi connectivity index (χ1n) is 6.97. The molecular formula is C14H6F7N5O3. The predicted molar refractivity (Wildman–Crippen MR) is 80.9 cm³/mol. The van der Waals surface area contributed by atoms with Crippen LogP contribution in [0, 0.1) is 17.1 Å². The lowest BCUT2D eigenvalue weighted by Gasteiger charge is -2.16. The minimum Gasteiger partial charge on any atom is -0.395 e. The van der Waals surface area contributed by atoms with E-state index in [2.05, 4.69) is 0 Å². The highest BCUT2D eigenvalue weighted by atomic mass is 19.4. The van der Waals surface area contributed by atoms with E-state index in [0.29, 0.717) is 0 Å². The highest BCUT2D eigenvalue weighted by Crippen LogP contribution is 2.31. The van der Waals surface area contributed by atoms with Crippen LogP contribution in [0.3, 0.4) is 0 Å². The number of nitriles is 1. The monoisotopic (exact) mass is 425 g/mol. The van der Waals surface area contributed by atoms with Crippen molar-refractivity contribution < 1.29 is 35.5 Å². The average Bonchev–Trinajstić information content (AvgIpc) is 2.59. The molecule has 1 aromatic carbocycles. The molecule has 0 atom stereocenters. The van der Waals surface area contributed by atoms with Gasteiger partial charge in [0.15, 0.2) is 5.82 Å². The number of nitrogens with two attached hydrogens (primary N) is 2. The van der Waals surface area contributed by atoms with Gasteiger partial charge >= 0.3 is 18.0 Å². The number of Topliss-reactive ketones (excluding diaryl/α,β-unsaturated/α-hetero) is 1. The number of hydrogen-bond acceptors (Lipinski definition) is 6. The van der Waals surface area contributed by atoms with Gasteiger partial charge in [0, 0.05) is 11.8 Å². The summed E-state index contributed by atoms with van der Waals surface area (Å²) in [6, 6.07) is 0.971. The molecule has 1 heterocycles. The van der Waals surface area contributed by atoms with E-state index in [1.807, 2.05) is 0 Å². The van der Waals surface area contributed by atoms with Gasteiger partial charge in [0.05, 0.1) is 16.9 Å². The third kappa shape index (κ3) is 3.51. The fourth-order valence-electron chi connectivity index (χ4n) is 2.26. The third-order valence-electron chi connectivity index (χ3n) is 3.56. The summed E-state index contributed by atoms with van der Waals surface area (Å²) in [6.45, 7) is 0. The summed E-state index contributed by atoms with van der Waals surface area (Å²) in [5.74, 6) is 0.424. The highest BCUT2D eigenvalue weighted by molar-refractivity contribution is 6.04. The Labute approximate surface area is 153 Å². The Bertz CT molecular complexity index is 1190. The number of aromatic nitrogens is 2. The second-order valence-corrected chi connectivity index (χ2v) is 5.36. The number of anilines is 1. The van der Waals surface area contributed by atoms with Gasteiger partial charge in [0.2, 0.25) is 0 Å². The average molecular weight is 425 g/mol. The molecule has 29 heavy (non-hydrogen) atoms. The zero-order valence-electron chi connectivity index (χ0n) is 13.5. The predicted octanol–water partition coefficient (Wildman–Crippen LogP) is 1.07. The number of benzene rings is 1. The van der Waals surface area contributed by atoms with Gasteiger partial charge in [-0.25, -0.2) is 18.4 Å². The fraction of sp³-hybridized carbons (Fsp3) is 0.143. The zero-order valence-corrected chi connectivity index (χ0v) is 13.5. The first kappa shape index (κ1) is 21.5. The van der Waals surface area contributed by atoms with Crippen LogP contribution in [0.25, 0.3) is 5.69 Å². The summed E-state index contributed by atoms with van der Waals surface area (Å²) in [6.07, 6.45) is -11.1. The van der Waals surface area contributed by atoms with E-state index in [4.69, 9.17) is 16.8 Å². The Morgan fingerprint density at radius 2 is 1.69 bits per heavy atom. The van der Waals surface area contributed by atoms with Crippen LogP contribution >= 0.6 is 0 Å². The number of nitrogen functional groups attached to an aromatic ring is 2. The van der Waals surface area contributed by atoms with Gasteiger partial charge in [-0.15, -0.1) is 0 Å². The Kier molecular flexibility index (Phi) is 4.92. The molecule has 0 saturated carbocycles. The molecule has 0 saturated heterocycles. The van der Waals surface area contributed by atoms with Gasteiger partial charge in [0.25, 0.3) is 11.3 Å². The molecule has 0 unspecified atom stereocenters. The van der Waals surface area contributed by atoms with Crippen LogP contribution < -0.4 is 22.8 Å². The number of carbonyl (C=O) groups is 1. The van der Waals surface area contributed by atoms with Crippen LogP contribution in [-0.2, 0) is 6.18 Å². The minimum absolute atomic E-state index is 0.0803. The summed E-state index contributed by atoms with van der Waals surface area (Å²) in [7, 11) is 0. The van der Waals surface area contributed by atoms with Crippen molar-refractivity contribution in [1.82, 2.24) is 9.24 Å². The molecule has 0 fully saturated rings. The van der Waals surface area contributed by atoms with Crippen molar-refractivity contribution in [3.63, 3.8) is 0 Å². The van der Waals surface area contributed by atoms with E-state index in [-0.39, 0.29) is 16.9 Å². The van der Waals surface area contributed by atoms with Crippen LogP contribution in [0.2, 0.25) is 0 Å². The summed E-state index contributed by atoms with van der Waals surface area (Å²) in [5, 5.41) is 8.88. The summed E-state index contributed by atoms with van der Waals surface area (Å²) >= 11 is 0. The van der Waals surface area contributed by atoms with E-state index in [0.717, 1.165) is 6.07 Å². The largest absolute Gasteiger partial charge is 0.454 e. The molecule has 0 aliphatic heterocycles. The van der Waals surface area contributed by atoms with Crippen LogP contribution in [0.1, 0.15) is 21.5 Å². The Morgan fingerprint density at radius 1 is 1.14 bits per heavy atom. The number of ketones is 1. The van der Waals surface area contributed by atoms with Crippen LogP contribution in [-0.4, -0.2) is 21.2 Å². The maximum absolute atomic E-state index is 14.5. The van der Waals surface area contributed by atoms with Crippen LogP contribution in [0.5, 0.6) is 0 Å². The third-order valence-corrected chi connectivity index (χ3v) is 3.56. The summed E-state index contributed by atoms with van der Waals surface area (Å²) in [4.78, 5) is 35.6. The summed E-state index contributed by atoms with van der Waals surface area (Å²) < 4.78 is 90.9. The molecule has 0 aliphatic rings. The van der Waals surface area contributed by atoms with E-state index in [1.54, 1.807) is 0 Å². The second-order valence-electron chi connectivity index (χ2n) is 5.36. The van der Waals surface area contributed by atoms with Gasteiger partial charge in [0.1, 0.15) is 11.6 Å². The molecule has 15 heteroatoms. The van der Waals surface area contributed by atoms with Gasteiger partial charge in [-0.2, -0.15) is 31.6 Å². The second kappa shape index (κ2) is 6.65. The molecular weight excluding hydrogens is 419 g/mol. The molecule has 4 N–H and O–H groups in total. The number of rotatable bonds is 2. The van der Waals surface area contributed by atoms with Gasteiger partial charge in [-0.05, 0) is 6.07 Å². The molecule has 2 rings (SSSR count). The number of halogens is 7. The van der Waals surface area contributed by atoms with Gasteiger partial charge in [-0.3, -0.25) is 9.59 Å². The molecule has 8 nitrogen and oxygen atoms in total. The van der Waals surface area contributed by atoms with Crippen molar-refractivity contribution in [3.8, 4) is 11.8 Å². The molecule has 0 spiro atoms. The highest BCUT2D eigenvalue weighted by Gasteiger charge is 2.42. The molecule has 1 aromatic heterocycles. The number of alkyl halides is 6. The molecule has 0 bridgehead atoms.